The Morgan fingerprint density at radius 3 is 2.55 bits per heavy atom. The molecule has 0 bridgehead atoms. The van der Waals surface area contributed by atoms with Gasteiger partial charge in [-0.25, -0.2) is 4.98 Å². The fourth-order valence-corrected chi connectivity index (χ4v) is 4.20. The first-order valence-electron chi connectivity index (χ1n) is 11.2. The molecule has 0 saturated heterocycles. The number of rotatable bonds is 8. The Hall–Kier alpha value is -2.99. The van der Waals surface area contributed by atoms with Crippen molar-refractivity contribution in [3.05, 3.63) is 60.4 Å². The fourth-order valence-electron chi connectivity index (χ4n) is 4.20. The molecule has 1 aliphatic rings. The topological polar surface area (TPSA) is 66.0 Å². The first-order chi connectivity index (χ1) is 15.2. The molecule has 2 N–H and O–H groups in total. The fraction of sp³-hybridized carbons (Fsp3) is 0.400. The van der Waals surface area contributed by atoms with Crippen molar-refractivity contribution < 1.29 is 0 Å². The molecule has 2 aromatic heterocycles. The van der Waals surface area contributed by atoms with E-state index in [9.17, 15) is 0 Å². The standard InChI is InChI=1S/C25H32N6/c1-31(2)24-22-7-3-4-8-23(22)29-25(30-24)28-21-11-9-20(10-12-21)18-27-15-5-6-19-13-16-26-17-14-19/h3-8,13-14,16-17,20-21,27H,9-12,15,18H2,1-2H3,(H,28,29,30). The lowest BCUT2D eigenvalue weighted by atomic mass is 9.86. The van der Waals surface area contributed by atoms with E-state index in [1.54, 1.807) is 0 Å². The number of para-hydroxylation sites is 1. The van der Waals surface area contributed by atoms with Crippen molar-refractivity contribution in [3.8, 4) is 0 Å². The summed E-state index contributed by atoms with van der Waals surface area (Å²) in [6.45, 7) is 1.98. The van der Waals surface area contributed by atoms with Crippen molar-refractivity contribution >= 4 is 28.7 Å². The van der Waals surface area contributed by atoms with Gasteiger partial charge in [0.15, 0.2) is 0 Å². The third-order valence-corrected chi connectivity index (χ3v) is 5.90. The molecule has 6 nitrogen and oxygen atoms in total. The molecule has 1 aliphatic carbocycles. The summed E-state index contributed by atoms with van der Waals surface area (Å²) in [7, 11) is 4.06. The van der Waals surface area contributed by atoms with Crippen LogP contribution in [0.4, 0.5) is 11.8 Å². The van der Waals surface area contributed by atoms with Crippen molar-refractivity contribution in [2.45, 2.75) is 31.7 Å². The number of hydrogen-bond donors (Lipinski definition) is 2. The molecule has 4 rings (SSSR count). The summed E-state index contributed by atoms with van der Waals surface area (Å²) in [5.74, 6) is 2.44. The van der Waals surface area contributed by atoms with Gasteiger partial charge in [-0.05, 0) is 68.0 Å². The summed E-state index contributed by atoms with van der Waals surface area (Å²) in [5, 5.41) is 8.26. The average molecular weight is 417 g/mol. The van der Waals surface area contributed by atoms with Crippen LogP contribution in [-0.4, -0.2) is 48.2 Å². The van der Waals surface area contributed by atoms with E-state index >= 15 is 0 Å². The zero-order valence-corrected chi connectivity index (χ0v) is 18.5. The minimum atomic E-state index is 0.444. The maximum absolute atomic E-state index is 4.79. The second-order valence-corrected chi connectivity index (χ2v) is 8.49. The van der Waals surface area contributed by atoms with E-state index in [-0.39, 0.29) is 0 Å². The third-order valence-electron chi connectivity index (χ3n) is 5.90. The van der Waals surface area contributed by atoms with Crippen LogP contribution in [0.25, 0.3) is 17.0 Å². The lowest BCUT2D eigenvalue weighted by Crippen LogP contribution is -2.32. The van der Waals surface area contributed by atoms with Gasteiger partial charge in [-0.3, -0.25) is 4.98 Å². The van der Waals surface area contributed by atoms with Crippen LogP contribution in [0.5, 0.6) is 0 Å². The van der Waals surface area contributed by atoms with Gasteiger partial charge in [0.2, 0.25) is 5.95 Å². The van der Waals surface area contributed by atoms with Crippen molar-refractivity contribution in [1.29, 1.82) is 0 Å². The maximum atomic E-state index is 4.79. The Morgan fingerprint density at radius 1 is 1.00 bits per heavy atom. The minimum absolute atomic E-state index is 0.444. The molecule has 31 heavy (non-hydrogen) atoms. The number of aromatic nitrogens is 3. The zero-order valence-electron chi connectivity index (χ0n) is 18.5. The van der Waals surface area contributed by atoms with Gasteiger partial charge in [0, 0.05) is 44.5 Å². The predicted octanol–water partition coefficient (Wildman–Crippen LogP) is 4.36. The van der Waals surface area contributed by atoms with Crippen LogP contribution in [0.1, 0.15) is 31.2 Å². The number of anilines is 2. The lowest BCUT2D eigenvalue weighted by molar-refractivity contribution is 0.328. The normalized spacial score (nSPS) is 19.0. The second kappa shape index (κ2) is 10.4. The molecule has 2 heterocycles. The van der Waals surface area contributed by atoms with Gasteiger partial charge in [-0.1, -0.05) is 24.3 Å². The van der Waals surface area contributed by atoms with Crippen molar-refractivity contribution in [2.75, 3.05) is 37.4 Å². The van der Waals surface area contributed by atoms with E-state index < -0.39 is 0 Å². The summed E-state index contributed by atoms with van der Waals surface area (Å²) >= 11 is 0. The first-order valence-corrected chi connectivity index (χ1v) is 11.2. The average Bonchev–Trinajstić information content (AvgIpc) is 2.80. The van der Waals surface area contributed by atoms with Crippen molar-refractivity contribution in [3.63, 3.8) is 0 Å². The van der Waals surface area contributed by atoms with E-state index in [1.807, 2.05) is 50.8 Å². The van der Waals surface area contributed by atoms with Crippen LogP contribution in [0.15, 0.2) is 54.9 Å². The molecule has 0 radical (unpaired) electrons. The van der Waals surface area contributed by atoms with E-state index in [4.69, 9.17) is 9.97 Å². The van der Waals surface area contributed by atoms with Gasteiger partial charge in [0.05, 0.1) is 5.52 Å². The minimum Gasteiger partial charge on any atom is -0.362 e. The highest BCUT2D eigenvalue weighted by Crippen LogP contribution is 2.28. The van der Waals surface area contributed by atoms with Crippen LogP contribution in [0.3, 0.4) is 0 Å². The molecule has 0 spiro atoms. The van der Waals surface area contributed by atoms with Gasteiger partial charge < -0.3 is 15.5 Å². The molecule has 0 atom stereocenters. The Labute approximate surface area is 184 Å². The molecule has 0 unspecified atom stereocenters. The second-order valence-electron chi connectivity index (χ2n) is 8.49. The van der Waals surface area contributed by atoms with E-state index in [1.165, 1.54) is 18.4 Å². The highest BCUT2D eigenvalue weighted by Gasteiger charge is 2.22. The monoisotopic (exact) mass is 416 g/mol. The summed E-state index contributed by atoms with van der Waals surface area (Å²) in [6, 6.07) is 12.7. The number of hydrogen-bond acceptors (Lipinski definition) is 6. The SMILES string of the molecule is CN(C)c1nc(NC2CCC(CNCC=Cc3ccncc3)CC2)nc2ccccc12. The summed E-state index contributed by atoms with van der Waals surface area (Å²) in [5.41, 5.74) is 2.18. The van der Waals surface area contributed by atoms with Gasteiger partial charge in [-0.2, -0.15) is 4.98 Å². The van der Waals surface area contributed by atoms with Crippen LogP contribution in [-0.2, 0) is 0 Å². The molecule has 1 aromatic carbocycles. The van der Waals surface area contributed by atoms with E-state index in [2.05, 4.69) is 44.8 Å². The molecule has 0 aliphatic heterocycles. The maximum Gasteiger partial charge on any atom is 0.225 e. The highest BCUT2D eigenvalue weighted by molar-refractivity contribution is 5.90. The van der Waals surface area contributed by atoms with Crippen LogP contribution in [0.2, 0.25) is 0 Å². The molecular weight excluding hydrogens is 384 g/mol. The number of nitrogens with zero attached hydrogens (tertiary/aromatic N) is 4. The van der Waals surface area contributed by atoms with Crippen LogP contribution >= 0.6 is 0 Å². The van der Waals surface area contributed by atoms with Gasteiger partial charge in [0.25, 0.3) is 0 Å². The summed E-state index contributed by atoms with van der Waals surface area (Å²) in [4.78, 5) is 15.6. The van der Waals surface area contributed by atoms with Crippen LogP contribution in [0, 0.1) is 5.92 Å². The molecule has 162 valence electrons. The van der Waals surface area contributed by atoms with E-state index in [0.29, 0.717) is 6.04 Å². The summed E-state index contributed by atoms with van der Waals surface area (Å²) in [6.07, 6.45) is 12.7. The zero-order chi connectivity index (χ0) is 21.5. The Morgan fingerprint density at radius 2 is 1.77 bits per heavy atom. The molecule has 1 saturated carbocycles. The van der Waals surface area contributed by atoms with Gasteiger partial charge in [0.1, 0.15) is 5.82 Å². The lowest BCUT2D eigenvalue weighted by Gasteiger charge is -2.29. The number of benzene rings is 1. The van der Waals surface area contributed by atoms with E-state index in [0.717, 1.165) is 54.5 Å². The van der Waals surface area contributed by atoms with Crippen molar-refractivity contribution in [1.82, 2.24) is 20.3 Å². The van der Waals surface area contributed by atoms with Gasteiger partial charge >= 0.3 is 0 Å². The molecule has 3 aromatic rings. The number of nitrogens with one attached hydrogen (secondary N) is 2. The third kappa shape index (κ3) is 5.79. The molecule has 0 amide bonds. The molecular formula is C25H32N6. The van der Waals surface area contributed by atoms with Crippen molar-refractivity contribution in [2.24, 2.45) is 5.92 Å². The molecule has 6 heteroatoms. The Bertz CT molecular complexity index is 993. The smallest absolute Gasteiger partial charge is 0.225 e. The largest absolute Gasteiger partial charge is 0.362 e. The Kier molecular flexibility index (Phi) is 7.10. The number of pyridine rings is 1. The quantitative estimate of drug-likeness (QED) is 0.532. The Balaban J connectivity index is 1.24. The van der Waals surface area contributed by atoms with Gasteiger partial charge in [-0.15, -0.1) is 0 Å². The number of fused-ring (bicyclic) bond motifs is 1. The van der Waals surface area contributed by atoms with Crippen LogP contribution < -0.4 is 15.5 Å². The molecule has 1 fully saturated rings. The predicted molar refractivity (Wildman–Crippen MR) is 129 cm³/mol. The summed E-state index contributed by atoms with van der Waals surface area (Å²) < 4.78 is 0. The highest BCUT2D eigenvalue weighted by atomic mass is 15.2. The first kappa shape index (κ1) is 21.2.